The first-order valence-corrected chi connectivity index (χ1v) is 12.0. The standard InChI is InChI=1S/C24H42N4O/c1-20(2)24(29)6-4-5-11-26-12-7-22(8-13-26)18-27-14-9-23(10-15-27)19-28-17-21(3)16-25-28/h16-17,20,22-23H,4-15,18-19H2,1-3H3. The van der Waals surface area contributed by atoms with Crippen LogP contribution in [0.2, 0.25) is 0 Å². The molecule has 1 aromatic rings. The zero-order valence-electron chi connectivity index (χ0n) is 19.0. The molecule has 29 heavy (non-hydrogen) atoms. The van der Waals surface area contributed by atoms with E-state index in [1.807, 2.05) is 20.0 Å². The third-order valence-electron chi connectivity index (χ3n) is 6.93. The summed E-state index contributed by atoms with van der Waals surface area (Å²) in [5.74, 6) is 2.28. The van der Waals surface area contributed by atoms with Crippen LogP contribution in [-0.4, -0.2) is 64.6 Å². The van der Waals surface area contributed by atoms with Gasteiger partial charge in [-0.25, -0.2) is 0 Å². The summed E-state index contributed by atoms with van der Waals surface area (Å²) < 4.78 is 2.13. The van der Waals surface area contributed by atoms with Crippen LogP contribution in [0, 0.1) is 24.7 Å². The van der Waals surface area contributed by atoms with E-state index >= 15 is 0 Å². The van der Waals surface area contributed by atoms with Gasteiger partial charge in [0.15, 0.2) is 0 Å². The number of piperidine rings is 2. The van der Waals surface area contributed by atoms with Gasteiger partial charge in [0.1, 0.15) is 5.78 Å². The molecule has 0 spiro atoms. The number of ketones is 1. The van der Waals surface area contributed by atoms with E-state index < -0.39 is 0 Å². The number of hydrogen-bond donors (Lipinski definition) is 0. The molecule has 0 bridgehead atoms. The average molecular weight is 403 g/mol. The van der Waals surface area contributed by atoms with Gasteiger partial charge >= 0.3 is 0 Å². The Morgan fingerprint density at radius 3 is 2.21 bits per heavy atom. The van der Waals surface area contributed by atoms with Crippen LogP contribution in [0.25, 0.3) is 0 Å². The third kappa shape index (κ3) is 7.53. The molecular formula is C24H42N4O. The van der Waals surface area contributed by atoms with Gasteiger partial charge in [-0.2, -0.15) is 5.10 Å². The lowest BCUT2D eigenvalue weighted by molar-refractivity contribution is -0.122. The number of aryl methyl sites for hydroxylation is 1. The fourth-order valence-corrected chi connectivity index (χ4v) is 4.86. The van der Waals surface area contributed by atoms with E-state index in [2.05, 4.69) is 32.7 Å². The van der Waals surface area contributed by atoms with Gasteiger partial charge in [-0.15, -0.1) is 0 Å². The van der Waals surface area contributed by atoms with Crippen molar-refractivity contribution in [2.24, 2.45) is 17.8 Å². The second-order valence-corrected chi connectivity index (χ2v) is 9.85. The Morgan fingerprint density at radius 1 is 1.00 bits per heavy atom. The van der Waals surface area contributed by atoms with E-state index in [1.165, 1.54) is 76.9 Å². The molecule has 2 aliphatic rings. The van der Waals surface area contributed by atoms with Crippen molar-refractivity contribution in [3.8, 4) is 0 Å². The summed E-state index contributed by atoms with van der Waals surface area (Å²) in [5, 5.41) is 4.45. The number of rotatable bonds is 10. The Hall–Kier alpha value is -1.20. The largest absolute Gasteiger partial charge is 0.303 e. The van der Waals surface area contributed by atoms with Crippen LogP contribution in [0.15, 0.2) is 12.4 Å². The highest BCUT2D eigenvalue weighted by Gasteiger charge is 2.25. The molecule has 3 heterocycles. The van der Waals surface area contributed by atoms with Crippen molar-refractivity contribution < 1.29 is 4.79 Å². The smallest absolute Gasteiger partial charge is 0.135 e. The fourth-order valence-electron chi connectivity index (χ4n) is 4.86. The Kier molecular flexibility index (Phi) is 8.73. The predicted octanol–water partition coefficient (Wildman–Crippen LogP) is 4.01. The molecule has 0 aliphatic carbocycles. The fraction of sp³-hybridized carbons (Fsp3) is 0.833. The number of carbonyl (C=O) groups is 1. The molecule has 2 fully saturated rings. The minimum Gasteiger partial charge on any atom is -0.303 e. The van der Waals surface area contributed by atoms with Crippen LogP contribution in [0.3, 0.4) is 0 Å². The summed E-state index contributed by atoms with van der Waals surface area (Å²) in [7, 11) is 0. The van der Waals surface area contributed by atoms with Crippen LogP contribution in [0.4, 0.5) is 0 Å². The minimum absolute atomic E-state index is 0.200. The number of Topliss-reactive ketones (excluding diaryl/α,β-unsaturated/α-hetero) is 1. The van der Waals surface area contributed by atoms with Crippen molar-refractivity contribution in [1.29, 1.82) is 0 Å². The van der Waals surface area contributed by atoms with E-state index in [4.69, 9.17) is 0 Å². The van der Waals surface area contributed by atoms with Gasteiger partial charge in [0.05, 0.1) is 6.20 Å². The zero-order valence-corrected chi connectivity index (χ0v) is 19.0. The number of nitrogens with zero attached hydrogens (tertiary/aromatic N) is 4. The number of unbranched alkanes of at least 4 members (excludes halogenated alkanes) is 1. The quantitative estimate of drug-likeness (QED) is 0.555. The van der Waals surface area contributed by atoms with Crippen molar-refractivity contribution >= 4 is 5.78 Å². The molecule has 0 amide bonds. The molecule has 164 valence electrons. The summed E-state index contributed by atoms with van der Waals surface area (Å²) in [4.78, 5) is 17.0. The lowest BCUT2D eigenvalue weighted by Gasteiger charge is -2.37. The highest BCUT2D eigenvalue weighted by molar-refractivity contribution is 5.80. The Labute approximate surface area is 177 Å². The average Bonchev–Trinajstić information content (AvgIpc) is 3.12. The lowest BCUT2D eigenvalue weighted by atomic mass is 9.92. The van der Waals surface area contributed by atoms with E-state index in [0.29, 0.717) is 5.78 Å². The number of likely N-dealkylation sites (tertiary alicyclic amines) is 2. The maximum absolute atomic E-state index is 11.7. The van der Waals surface area contributed by atoms with E-state index in [0.717, 1.165) is 31.2 Å². The minimum atomic E-state index is 0.200. The highest BCUT2D eigenvalue weighted by Crippen LogP contribution is 2.24. The van der Waals surface area contributed by atoms with E-state index in [9.17, 15) is 4.79 Å². The highest BCUT2D eigenvalue weighted by atomic mass is 16.1. The normalized spacial score (nSPS) is 20.6. The van der Waals surface area contributed by atoms with E-state index in [-0.39, 0.29) is 5.92 Å². The maximum Gasteiger partial charge on any atom is 0.135 e. The topological polar surface area (TPSA) is 41.4 Å². The van der Waals surface area contributed by atoms with Crippen LogP contribution < -0.4 is 0 Å². The second kappa shape index (κ2) is 11.3. The van der Waals surface area contributed by atoms with Crippen LogP contribution in [0.1, 0.15) is 64.4 Å². The van der Waals surface area contributed by atoms with Gasteiger partial charge in [-0.05, 0) is 95.6 Å². The molecule has 1 aromatic heterocycles. The van der Waals surface area contributed by atoms with Gasteiger partial charge in [0.25, 0.3) is 0 Å². The molecule has 0 saturated carbocycles. The second-order valence-electron chi connectivity index (χ2n) is 9.85. The SMILES string of the molecule is Cc1cnn(CC2CCN(CC3CCN(CCCCC(=O)C(C)C)CC3)CC2)c1. The van der Waals surface area contributed by atoms with Crippen LogP contribution >= 0.6 is 0 Å². The maximum atomic E-state index is 11.7. The number of carbonyl (C=O) groups excluding carboxylic acids is 1. The first-order valence-electron chi connectivity index (χ1n) is 12.0. The van der Waals surface area contributed by atoms with Gasteiger partial charge < -0.3 is 9.80 Å². The van der Waals surface area contributed by atoms with Crippen molar-refractivity contribution in [3.05, 3.63) is 18.0 Å². The Bertz CT molecular complexity index is 610. The lowest BCUT2D eigenvalue weighted by Crippen LogP contribution is -2.42. The summed E-state index contributed by atoms with van der Waals surface area (Å²) in [6.45, 7) is 14.7. The van der Waals surface area contributed by atoms with Crippen molar-refractivity contribution in [2.75, 3.05) is 39.3 Å². The molecule has 3 rings (SSSR count). The zero-order chi connectivity index (χ0) is 20.6. The van der Waals surface area contributed by atoms with Gasteiger partial charge in [-0.3, -0.25) is 9.48 Å². The molecule has 5 nitrogen and oxygen atoms in total. The summed E-state index contributed by atoms with van der Waals surface area (Å²) in [5.41, 5.74) is 1.26. The summed E-state index contributed by atoms with van der Waals surface area (Å²) in [6, 6.07) is 0. The van der Waals surface area contributed by atoms with Crippen molar-refractivity contribution in [1.82, 2.24) is 19.6 Å². The van der Waals surface area contributed by atoms with Crippen LogP contribution in [-0.2, 0) is 11.3 Å². The molecule has 2 aliphatic heterocycles. The number of aromatic nitrogens is 2. The molecule has 0 N–H and O–H groups in total. The van der Waals surface area contributed by atoms with Crippen molar-refractivity contribution in [3.63, 3.8) is 0 Å². The van der Waals surface area contributed by atoms with Gasteiger partial charge in [0.2, 0.25) is 0 Å². The van der Waals surface area contributed by atoms with Crippen LogP contribution in [0.5, 0.6) is 0 Å². The molecule has 0 radical (unpaired) electrons. The molecule has 0 unspecified atom stereocenters. The predicted molar refractivity (Wildman–Crippen MR) is 119 cm³/mol. The monoisotopic (exact) mass is 402 g/mol. The summed E-state index contributed by atoms with van der Waals surface area (Å²) >= 11 is 0. The number of hydrogen-bond acceptors (Lipinski definition) is 4. The van der Waals surface area contributed by atoms with Crippen molar-refractivity contribution in [2.45, 2.75) is 72.3 Å². The van der Waals surface area contributed by atoms with E-state index in [1.54, 1.807) is 0 Å². The Balaban J connectivity index is 1.25. The molecule has 0 atom stereocenters. The molecule has 2 saturated heterocycles. The first kappa shape index (κ1) is 22.5. The summed E-state index contributed by atoms with van der Waals surface area (Å²) in [6.07, 6.45) is 12.4. The Morgan fingerprint density at radius 2 is 1.62 bits per heavy atom. The molecular weight excluding hydrogens is 360 g/mol. The van der Waals surface area contributed by atoms with Gasteiger partial charge in [-0.1, -0.05) is 13.8 Å². The third-order valence-corrected chi connectivity index (χ3v) is 6.93. The molecule has 0 aromatic carbocycles. The molecule has 5 heteroatoms. The van der Waals surface area contributed by atoms with Gasteiger partial charge in [0, 0.05) is 31.6 Å². The first-order chi connectivity index (χ1) is 14.0.